The molecule has 2 unspecified atom stereocenters. The number of aliphatic hydroxyl groups is 1. The number of hydrogen-bond donors (Lipinski definition) is 1. The third-order valence-corrected chi connectivity index (χ3v) is 5.52. The quantitative estimate of drug-likeness (QED) is 0.773. The molecule has 2 atom stereocenters. The van der Waals surface area contributed by atoms with Gasteiger partial charge in [-0.15, -0.1) is 0 Å². The predicted molar refractivity (Wildman–Crippen MR) is 94.3 cm³/mol. The maximum absolute atomic E-state index is 12.3. The minimum atomic E-state index is -3.91. The second-order valence-electron chi connectivity index (χ2n) is 6.23. The molecule has 0 saturated carbocycles. The molecule has 0 aliphatic heterocycles. The van der Waals surface area contributed by atoms with E-state index in [1.54, 1.807) is 48.5 Å². The Morgan fingerprint density at radius 3 is 2.21 bits per heavy atom. The first-order valence-electron chi connectivity index (χ1n) is 8.03. The predicted octanol–water partition coefficient (Wildman–Crippen LogP) is 3.81. The zero-order chi connectivity index (χ0) is 17.8. The lowest BCUT2D eigenvalue weighted by Crippen LogP contribution is -2.29. The fourth-order valence-corrected chi connectivity index (χ4v) is 3.33. The standard InChI is InChI=1S/C19H24O4S/c1-4-15(2)16-10-12-18(13-11-16)24(21,22)23-14-19(3,20)17-8-6-5-7-9-17/h5-13,15,20H,4,14H2,1-3H3. The first kappa shape index (κ1) is 18.6. The Labute approximate surface area is 144 Å². The lowest BCUT2D eigenvalue weighted by Gasteiger charge is -2.23. The van der Waals surface area contributed by atoms with Crippen molar-refractivity contribution in [2.45, 2.75) is 43.6 Å². The highest BCUT2D eigenvalue weighted by Gasteiger charge is 2.27. The molecule has 0 spiro atoms. The Kier molecular flexibility index (Phi) is 5.80. The van der Waals surface area contributed by atoms with Gasteiger partial charge in [0, 0.05) is 0 Å². The van der Waals surface area contributed by atoms with Crippen molar-refractivity contribution < 1.29 is 17.7 Å². The van der Waals surface area contributed by atoms with Crippen molar-refractivity contribution in [2.75, 3.05) is 6.61 Å². The van der Waals surface area contributed by atoms with Gasteiger partial charge in [-0.2, -0.15) is 8.42 Å². The largest absolute Gasteiger partial charge is 0.383 e. The first-order valence-corrected chi connectivity index (χ1v) is 9.44. The average Bonchev–Trinajstić information content (AvgIpc) is 2.60. The van der Waals surface area contributed by atoms with Crippen LogP contribution in [0.25, 0.3) is 0 Å². The summed E-state index contributed by atoms with van der Waals surface area (Å²) in [7, 11) is -3.91. The lowest BCUT2D eigenvalue weighted by atomic mass is 9.97. The van der Waals surface area contributed by atoms with Crippen LogP contribution in [-0.4, -0.2) is 20.1 Å². The van der Waals surface area contributed by atoms with Crippen LogP contribution in [0.1, 0.15) is 44.2 Å². The second-order valence-corrected chi connectivity index (χ2v) is 7.85. The molecule has 24 heavy (non-hydrogen) atoms. The fraction of sp³-hybridized carbons (Fsp3) is 0.368. The van der Waals surface area contributed by atoms with E-state index in [1.807, 2.05) is 6.07 Å². The Morgan fingerprint density at radius 2 is 1.67 bits per heavy atom. The highest BCUT2D eigenvalue weighted by molar-refractivity contribution is 7.86. The number of benzene rings is 2. The summed E-state index contributed by atoms with van der Waals surface area (Å²) in [6.45, 7) is 5.37. The van der Waals surface area contributed by atoms with Crippen molar-refractivity contribution >= 4 is 10.1 Å². The third-order valence-electron chi connectivity index (χ3n) is 4.24. The Hall–Kier alpha value is -1.69. The van der Waals surface area contributed by atoms with Crippen LogP contribution in [0.2, 0.25) is 0 Å². The maximum Gasteiger partial charge on any atom is 0.297 e. The maximum atomic E-state index is 12.3. The minimum Gasteiger partial charge on any atom is -0.383 e. The molecule has 0 aliphatic rings. The van der Waals surface area contributed by atoms with Crippen molar-refractivity contribution in [3.05, 3.63) is 65.7 Å². The normalized spacial score (nSPS) is 15.7. The lowest BCUT2D eigenvalue weighted by molar-refractivity contribution is 0.00974. The molecular weight excluding hydrogens is 324 g/mol. The molecule has 0 heterocycles. The minimum absolute atomic E-state index is 0.0958. The van der Waals surface area contributed by atoms with E-state index in [2.05, 4.69) is 13.8 Å². The van der Waals surface area contributed by atoms with E-state index in [1.165, 1.54) is 6.92 Å². The first-order chi connectivity index (χ1) is 11.3. The van der Waals surface area contributed by atoms with Gasteiger partial charge in [0.1, 0.15) is 5.60 Å². The molecular formula is C19H24O4S. The highest BCUT2D eigenvalue weighted by Crippen LogP contribution is 2.24. The number of hydrogen-bond acceptors (Lipinski definition) is 4. The van der Waals surface area contributed by atoms with E-state index < -0.39 is 15.7 Å². The van der Waals surface area contributed by atoms with Crippen LogP contribution >= 0.6 is 0 Å². The monoisotopic (exact) mass is 348 g/mol. The molecule has 2 aromatic rings. The van der Waals surface area contributed by atoms with Crippen molar-refractivity contribution in [3.63, 3.8) is 0 Å². The molecule has 0 fully saturated rings. The summed E-state index contributed by atoms with van der Waals surface area (Å²) in [5.74, 6) is 0.376. The topological polar surface area (TPSA) is 63.6 Å². The van der Waals surface area contributed by atoms with Crippen LogP contribution in [0.5, 0.6) is 0 Å². The molecule has 2 rings (SSSR count). The molecule has 0 aromatic heterocycles. The van der Waals surface area contributed by atoms with Gasteiger partial charge in [-0.05, 0) is 42.5 Å². The van der Waals surface area contributed by atoms with Gasteiger partial charge in [0.2, 0.25) is 0 Å². The van der Waals surface area contributed by atoms with Crippen LogP contribution in [0, 0.1) is 0 Å². The summed E-state index contributed by atoms with van der Waals surface area (Å²) in [6.07, 6.45) is 0.989. The van der Waals surface area contributed by atoms with Crippen molar-refractivity contribution in [2.24, 2.45) is 0 Å². The van der Waals surface area contributed by atoms with Gasteiger partial charge in [0.05, 0.1) is 11.5 Å². The van der Waals surface area contributed by atoms with Gasteiger partial charge in [-0.1, -0.05) is 56.3 Å². The molecule has 0 bridgehead atoms. The van der Waals surface area contributed by atoms with Crippen LogP contribution in [0.3, 0.4) is 0 Å². The van der Waals surface area contributed by atoms with Crippen LogP contribution < -0.4 is 0 Å². The van der Waals surface area contributed by atoms with Gasteiger partial charge in [-0.25, -0.2) is 0 Å². The Balaban J connectivity index is 2.11. The smallest absolute Gasteiger partial charge is 0.297 e. The molecule has 0 aliphatic carbocycles. The van der Waals surface area contributed by atoms with Crippen molar-refractivity contribution in [1.29, 1.82) is 0 Å². The van der Waals surface area contributed by atoms with E-state index in [0.29, 0.717) is 11.5 Å². The van der Waals surface area contributed by atoms with E-state index in [4.69, 9.17) is 4.18 Å². The highest BCUT2D eigenvalue weighted by atomic mass is 32.2. The van der Waals surface area contributed by atoms with Gasteiger partial charge < -0.3 is 5.11 Å². The zero-order valence-corrected chi connectivity index (χ0v) is 15.1. The molecule has 1 N–H and O–H groups in total. The molecule has 130 valence electrons. The van der Waals surface area contributed by atoms with Gasteiger partial charge in [0.15, 0.2) is 0 Å². The van der Waals surface area contributed by atoms with Gasteiger partial charge >= 0.3 is 0 Å². The fourth-order valence-electron chi connectivity index (χ4n) is 2.34. The summed E-state index contributed by atoms with van der Waals surface area (Å²) >= 11 is 0. The Morgan fingerprint density at radius 1 is 1.08 bits per heavy atom. The molecule has 0 saturated heterocycles. The summed E-state index contributed by atoms with van der Waals surface area (Å²) < 4.78 is 29.7. The number of rotatable bonds is 7. The molecule has 5 heteroatoms. The van der Waals surface area contributed by atoms with Crippen molar-refractivity contribution in [3.8, 4) is 0 Å². The van der Waals surface area contributed by atoms with Gasteiger partial charge in [0.25, 0.3) is 10.1 Å². The zero-order valence-electron chi connectivity index (χ0n) is 14.3. The molecule has 0 radical (unpaired) electrons. The average molecular weight is 348 g/mol. The van der Waals surface area contributed by atoms with Crippen LogP contribution in [-0.2, 0) is 19.9 Å². The second kappa shape index (κ2) is 7.47. The van der Waals surface area contributed by atoms with Crippen molar-refractivity contribution in [1.82, 2.24) is 0 Å². The molecule has 4 nitrogen and oxygen atoms in total. The van der Waals surface area contributed by atoms with Crippen LogP contribution in [0.4, 0.5) is 0 Å². The van der Waals surface area contributed by atoms with E-state index in [0.717, 1.165) is 12.0 Å². The molecule has 0 amide bonds. The summed E-state index contributed by atoms with van der Waals surface area (Å²) in [6, 6.07) is 15.6. The molecule has 2 aromatic carbocycles. The SMILES string of the molecule is CCC(C)c1ccc(S(=O)(=O)OCC(C)(O)c2ccccc2)cc1. The van der Waals surface area contributed by atoms with E-state index >= 15 is 0 Å². The van der Waals surface area contributed by atoms with Crippen LogP contribution in [0.15, 0.2) is 59.5 Å². The third kappa shape index (κ3) is 4.44. The van der Waals surface area contributed by atoms with E-state index in [-0.39, 0.29) is 11.5 Å². The van der Waals surface area contributed by atoms with Gasteiger partial charge in [-0.3, -0.25) is 4.18 Å². The van der Waals surface area contributed by atoms with E-state index in [9.17, 15) is 13.5 Å². The Bertz CT molecular complexity index is 750. The summed E-state index contributed by atoms with van der Waals surface area (Å²) in [5.41, 5.74) is 0.311. The summed E-state index contributed by atoms with van der Waals surface area (Å²) in [4.78, 5) is 0.0958. The summed E-state index contributed by atoms with van der Waals surface area (Å²) in [5, 5.41) is 10.5.